The van der Waals surface area contributed by atoms with Crippen LogP contribution < -0.4 is 20.5 Å². The van der Waals surface area contributed by atoms with Crippen molar-refractivity contribution in [3.63, 3.8) is 0 Å². The number of pyridine rings is 1. The zero-order chi connectivity index (χ0) is 17.9. The Labute approximate surface area is 172 Å². The van der Waals surface area contributed by atoms with E-state index in [-0.39, 0.29) is 24.0 Å². The van der Waals surface area contributed by atoms with Gasteiger partial charge in [-0.25, -0.2) is 9.98 Å². The van der Waals surface area contributed by atoms with Crippen LogP contribution >= 0.6 is 24.0 Å². The van der Waals surface area contributed by atoms with Crippen LogP contribution in [0.1, 0.15) is 32.3 Å². The van der Waals surface area contributed by atoms with Gasteiger partial charge in [0.25, 0.3) is 0 Å². The normalized spacial score (nSPS) is 10.8. The first-order valence-electron chi connectivity index (χ1n) is 8.61. The van der Waals surface area contributed by atoms with Crippen molar-refractivity contribution in [1.82, 2.24) is 10.3 Å². The molecular formula is C19H27IN4O2. The minimum atomic E-state index is 0. The molecule has 0 saturated heterocycles. The van der Waals surface area contributed by atoms with Gasteiger partial charge in [-0.05, 0) is 31.0 Å². The lowest BCUT2D eigenvalue weighted by molar-refractivity contribution is 0.319. The zero-order valence-corrected chi connectivity index (χ0v) is 17.6. The second-order valence-corrected chi connectivity index (χ2v) is 5.47. The highest BCUT2D eigenvalue weighted by molar-refractivity contribution is 14.0. The Morgan fingerprint density at radius 3 is 2.58 bits per heavy atom. The molecule has 0 aliphatic rings. The van der Waals surface area contributed by atoms with Crippen LogP contribution in [0.5, 0.6) is 17.4 Å². The van der Waals surface area contributed by atoms with Gasteiger partial charge in [0.2, 0.25) is 5.88 Å². The zero-order valence-electron chi connectivity index (χ0n) is 15.3. The maximum absolute atomic E-state index is 5.82. The number of aliphatic imine (C=N–C) groups is 1. The minimum absolute atomic E-state index is 0. The van der Waals surface area contributed by atoms with Gasteiger partial charge in [-0.1, -0.05) is 31.5 Å². The molecule has 1 aromatic carbocycles. The van der Waals surface area contributed by atoms with Gasteiger partial charge >= 0.3 is 0 Å². The number of aromatic nitrogens is 1. The molecule has 0 radical (unpaired) electrons. The van der Waals surface area contributed by atoms with Gasteiger partial charge in [-0.15, -0.1) is 24.0 Å². The molecule has 3 N–H and O–H groups in total. The number of nitrogens with two attached hydrogens (primary N) is 1. The molecule has 0 spiro atoms. The summed E-state index contributed by atoms with van der Waals surface area (Å²) in [6.45, 7) is 5.98. The summed E-state index contributed by atoms with van der Waals surface area (Å²) >= 11 is 0. The van der Waals surface area contributed by atoms with Crippen molar-refractivity contribution < 1.29 is 9.47 Å². The van der Waals surface area contributed by atoms with Gasteiger partial charge in [-0.2, -0.15) is 0 Å². The van der Waals surface area contributed by atoms with Crippen molar-refractivity contribution in [3.05, 3.63) is 48.2 Å². The smallest absolute Gasteiger partial charge is 0.219 e. The monoisotopic (exact) mass is 470 g/mol. The fraction of sp³-hybridized carbons (Fsp3) is 0.368. The summed E-state index contributed by atoms with van der Waals surface area (Å²) in [5.74, 6) is 2.31. The third kappa shape index (κ3) is 7.47. The highest BCUT2D eigenvalue weighted by atomic mass is 127. The molecule has 0 aliphatic carbocycles. The summed E-state index contributed by atoms with van der Waals surface area (Å²) in [6.07, 6.45) is 3.94. The summed E-state index contributed by atoms with van der Waals surface area (Å²) in [4.78, 5) is 8.62. The van der Waals surface area contributed by atoms with Gasteiger partial charge in [0, 0.05) is 18.8 Å². The summed E-state index contributed by atoms with van der Waals surface area (Å²) in [5.41, 5.74) is 6.78. The first-order valence-corrected chi connectivity index (χ1v) is 8.61. The Kier molecular flexibility index (Phi) is 10.5. The molecule has 1 heterocycles. The molecule has 2 aromatic rings. The number of halogens is 1. The molecule has 0 fully saturated rings. The molecule has 0 bridgehead atoms. The van der Waals surface area contributed by atoms with Gasteiger partial charge in [0.05, 0.1) is 13.2 Å². The predicted octanol–water partition coefficient (Wildman–Crippen LogP) is 4.10. The fourth-order valence-corrected chi connectivity index (χ4v) is 2.11. The Balaban J connectivity index is 0.00000338. The Morgan fingerprint density at radius 2 is 1.92 bits per heavy atom. The minimum Gasteiger partial charge on any atom is -0.490 e. The molecule has 142 valence electrons. The van der Waals surface area contributed by atoms with Crippen molar-refractivity contribution in [2.75, 3.05) is 13.2 Å². The molecule has 7 heteroatoms. The van der Waals surface area contributed by atoms with Crippen LogP contribution in [0.4, 0.5) is 0 Å². The number of nitrogens with one attached hydrogen (secondary N) is 1. The second kappa shape index (κ2) is 12.3. The summed E-state index contributed by atoms with van der Waals surface area (Å²) in [6, 6.07) is 11.3. The van der Waals surface area contributed by atoms with Crippen LogP contribution in [0.25, 0.3) is 0 Å². The highest BCUT2D eigenvalue weighted by Gasteiger charge is 2.06. The Morgan fingerprint density at radius 1 is 1.15 bits per heavy atom. The number of benzene rings is 1. The second-order valence-electron chi connectivity index (χ2n) is 5.47. The molecule has 0 saturated carbocycles. The van der Waals surface area contributed by atoms with E-state index in [4.69, 9.17) is 15.2 Å². The van der Waals surface area contributed by atoms with E-state index in [0.29, 0.717) is 36.5 Å². The van der Waals surface area contributed by atoms with Crippen LogP contribution in [0.2, 0.25) is 0 Å². The first-order chi connectivity index (χ1) is 12.2. The molecule has 0 atom stereocenters. The summed E-state index contributed by atoms with van der Waals surface area (Å²) < 4.78 is 11.3. The van der Waals surface area contributed by atoms with Gasteiger partial charge in [-0.3, -0.25) is 0 Å². The molecule has 6 nitrogen and oxygen atoms in total. The van der Waals surface area contributed by atoms with Crippen molar-refractivity contribution in [1.29, 1.82) is 0 Å². The quantitative estimate of drug-likeness (QED) is 0.250. The van der Waals surface area contributed by atoms with Crippen molar-refractivity contribution in [2.24, 2.45) is 10.7 Å². The van der Waals surface area contributed by atoms with Crippen LogP contribution in [-0.2, 0) is 6.54 Å². The molecule has 2 rings (SSSR count). The molecule has 1 aromatic heterocycles. The van der Waals surface area contributed by atoms with E-state index in [0.717, 1.165) is 24.9 Å². The fourth-order valence-electron chi connectivity index (χ4n) is 2.11. The SMILES string of the molecule is CCCCNC(N)=NCc1ccc(Oc2ccccc2OCC)nc1.I. The van der Waals surface area contributed by atoms with E-state index in [1.807, 2.05) is 43.3 Å². The maximum atomic E-state index is 5.82. The van der Waals surface area contributed by atoms with Crippen LogP contribution in [0.15, 0.2) is 47.6 Å². The lowest BCUT2D eigenvalue weighted by Gasteiger charge is -2.10. The summed E-state index contributed by atoms with van der Waals surface area (Å²) in [5, 5.41) is 3.08. The van der Waals surface area contributed by atoms with Gasteiger partial charge in [0.15, 0.2) is 17.5 Å². The van der Waals surface area contributed by atoms with Crippen molar-refractivity contribution in [2.45, 2.75) is 33.2 Å². The van der Waals surface area contributed by atoms with Crippen molar-refractivity contribution >= 4 is 29.9 Å². The third-order valence-corrected chi connectivity index (χ3v) is 3.43. The Hall–Kier alpha value is -2.03. The van der Waals surface area contributed by atoms with E-state index < -0.39 is 0 Å². The predicted molar refractivity (Wildman–Crippen MR) is 116 cm³/mol. The average molecular weight is 470 g/mol. The highest BCUT2D eigenvalue weighted by Crippen LogP contribution is 2.30. The van der Waals surface area contributed by atoms with E-state index >= 15 is 0 Å². The van der Waals surface area contributed by atoms with E-state index in [1.165, 1.54) is 0 Å². The van der Waals surface area contributed by atoms with E-state index in [2.05, 4.69) is 22.2 Å². The van der Waals surface area contributed by atoms with Crippen LogP contribution in [-0.4, -0.2) is 24.1 Å². The van der Waals surface area contributed by atoms with E-state index in [1.54, 1.807) is 6.20 Å². The van der Waals surface area contributed by atoms with Crippen LogP contribution in [0, 0.1) is 0 Å². The average Bonchev–Trinajstić information content (AvgIpc) is 2.63. The summed E-state index contributed by atoms with van der Waals surface area (Å²) in [7, 11) is 0. The molecule has 0 amide bonds. The topological polar surface area (TPSA) is 81.8 Å². The number of nitrogens with zero attached hydrogens (tertiary/aromatic N) is 2. The molecule has 26 heavy (non-hydrogen) atoms. The van der Waals surface area contributed by atoms with Crippen LogP contribution in [0.3, 0.4) is 0 Å². The number of guanidine groups is 1. The van der Waals surface area contributed by atoms with Crippen molar-refractivity contribution in [3.8, 4) is 17.4 Å². The number of hydrogen-bond donors (Lipinski definition) is 2. The lowest BCUT2D eigenvalue weighted by atomic mass is 10.3. The molecular weight excluding hydrogens is 443 g/mol. The van der Waals surface area contributed by atoms with Gasteiger partial charge in [0.1, 0.15) is 0 Å². The molecule has 0 aliphatic heterocycles. The third-order valence-electron chi connectivity index (χ3n) is 3.43. The number of hydrogen-bond acceptors (Lipinski definition) is 4. The lowest BCUT2D eigenvalue weighted by Crippen LogP contribution is -2.32. The Bertz CT molecular complexity index is 677. The number of unbranched alkanes of at least 4 members (excludes halogenated alkanes) is 1. The standard InChI is InChI=1S/C19H26N4O2.HI/c1-3-5-12-21-19(20)23-14-15-10-11-18(22-13-15)25-17-9-7-6-8-16(17)24-4-2;/h6-11,13H,3-5,12,14H2,1-2H3,(H3,20,21,23);1H. The molecule has 0 unspecified atom stereocenters. The van der Waals surface area contributed by atoms with E-state index in [9.17, 15) is 0 Å². The number of ether oxygens (including phenoxy) is 2. The maximum Gasteiger partial charge on any atom is 0.219 e. The van der Waals surface area contributed by atoms with Gasteiger partial charge < -0.3 is 20.5 Å². The first kappa shape index (κ1) is 22.0. The number of rotatable bonds is 9. The largest absolute Gasteiger partial charge is 0.490 e. The number of para-hydroxylation sites is 2.